The fraction of sp³-hybridized carbons (Fsp3) is 0.214. The van der Waals surface area contributed by atoms with E-state index in [4.69, 9.17) is 25.8 Å². The minimum absolute atomic E-state index is 0.153. The van der Waals surface area contributed by atoms with Crippen LogP contribution in [0.15, 0.2) is 60.7 Å². The number of amides is 1. The third-order valence-corrected chi connectivity index (χ3v) is 5.45. The number of benzene rings is 3. The fourth-order valence-corrected chi connectivity index (χ4v) is 3.83. The van der Waals surface area contributed by atoms with Crippen molar-refractivity contribution in [1.82, 2.24) is 4.98 Å². The highest BCUT2D eigenvalue weighted by Crippen LogP contribution is 2.35. The summed E-state index contributed by atoms with van der Waals surface area (Å²) in [6, 6.07) is 16.3. The Hall–Kier alpha value is -4.24. The highest BCUT2D eigenvalue weighted by Gasteiger charge is 2.17. The van der Waals surface area contributed by atoms with Gasteiger partial charge in [0.15, 0.2) is 0 Å². The number of nitrogens with one attached hydrogen (secondary N) is 3. The largest absolute Gasteiger partial charge is 0.461 e. The molecule has 0 aliphatic heterocycles. The molecule has 38 heavy (non-hydrogen) atoms. The molecule has 10 heteroatoms. The molecule has 3 aromatic carbocycles. The number of carbonyl (C=O) groups is 2. The molecule has 1 aromatic heterocycles. The predicted octanol–water partition coefficient (Wildman–Crippen LogP) is 8.02. The number of H-pyrrole nitrogens is 1. The summed E-state index contributed by atoms with van der Waals surface area (Å²) in [5.41, 5.74) is 1.41. The van der Waals surface area contributed by atoms with E-state index < -0.39 is 23.5 Å². The number of halogens is 2. The number of aromatic amines is 1. The summed E-state index contributed by atoms with van der Waals surface area (Å²) in [5.74, 6) is -0.211. The van der Waals surface area contributed by atoms with Crippen molar-refractivity contribution in [3.8, 4) is 11.5 Å². The van der Waals surface area contributed by atoms with Gasteiger partial charge < -0.3 is 24.5 Å². The van der Waals surface area contributed by atoms with Crippen molar-refractivity contribution in [3.63, 3.8) is 0 Å². The van der Waals surface area contributed by atoms with Gasteiger partial charge in [-0.15, -0.1) is 0 Å². The van der Waals surface area contributed by atoms with E-state index in [1.807, 2.05) is 0 Å². The third kappa shape index (κ3) is 6.54. The lowest BCUT2D eigenvalue weighted by atomic mass is 10.2. The van der Waals surface area contributed by atoms with E-state index in [2.05, 4.69) is 15.6 Å². The molecular formula is C28H27ClFN3O5. The molecular weight excluding hydrogens is 513 g/mol. The van der Waals surface area contributed by atoms with Crippen LogP contribution in [0.5, 0.6) is 11.5 Å². The summed E-state index contributed by atoms with van der Waals surface area (Å²) >= 11 is 6.48. The summed E-state index contributed by atoms with van der Waals surface area (Å²) in [6.07, 6.45) is -0.574. The summed E-state index contributed by atoms with van der Waals surface area (Å²) < 4.78 is 30.6. The molecule has 0 bridgehead atoms. The van der Waals surface area contributed by atoms with Crippen LogP contribution in [0.25, 0.3) is 10.9 Å². The predicted molar refractivity (Wildman–Crippen MR) is 145 cm³/mol. The topological polar surface area (TPSA) is 102 Å². The van der Waals surface area contributed by atoms with Crippen molar-refractivity contribution in [3.05, 3.63) is 77.2 Å². The highest BCUT2D eigenvalue weighted by atomic mass is 35.5. The molecule has 0 aliphatic carbocycles. The number of hydrogen-bond acceptors (Lipinski definition) is 6. The number of aromatic nitrogens is 1. The number of rotatable bonds is 7. The third-order valence-electron chi connectivity index (χ3n) is 5.16. The van der Waals surface area contributed by atoms with Crippen LogP contribution in [0.1, 0.15) is 38.2 Å². The van der Waals surface area contributed by atoms with Gasteiger partial charge in [-0.1, -0.05) is 17.7 Å². The number of fused-ring (bicyclic) bond motifs is 1. The molecule has 0 aliphatic rings. The van der Waals surface area contributed by atoms with Crippen molar-refractivity contribution in [2.75, 3.05) is 17.2 Å². The van der Waals surface area contributed by atoms with Gasteiger partial charge >= 0.3 is 12.1 Å². The average Bonchev–Trinajstić information content (AvgIpc) is 3.29. The van der Waals surface area contributed by atoms with Crippen molar-refractivity contribution in [2.45, 2.75) is 33.3 Å². The molecule has 1 heterocycles. The Kier molecular flexibility index (Phi) is 7.78. The zero-order valence-corrected chi connectivity index (χ0v) is 22.0. The number of anilines is 3. The SMILES string of the molecule is CCOC(=O)c1cc2c(Nc3ccc(Oc4cccc(NC(=O)OC(C)(C)C)c4)c(Cl)c3)ccc(F)c2[nH]1. The molecule has 0 unspecified atom stereocenters. The zero-order chi connectivity index (χ0) is 27.4. The van der Waals surface area contributed by atoms with Gasteiger partial charge in [0.05, 0.1) is 17.1 Å². The molecule has 3 N–H and O–H groups in total. The molecule has 8 nitrogen and oxygen atoms in total. The molecule has 0 saturated carbocycles. The minimum atomic E-state index is -0.620. The lowest BCUT2D eigenvalue weighted by Gasteiger charge is -2.19. The van der Waals surface area contributed by atoms with E-state index in [0.717, 1.165) is 0 Å². The van der Waals surface area contributed by atoms with Crippen LogP contribution in [-0.4, -0.2) is 29.3 Å². The monoisotopic (exact) mass is 539 g/mol. The molecule has 0 saturated heterocycles. The van der Waals surface area contributed by atoms with Crippen LogP contribution < -0.4 is 15.4 Å². The van der Waals surface area contributed by atoms with Gasteiger partial charge in [0, 0.05) is 28.5 Å². The maximum absolute atomic E-state index is 14.4. The Balaban J connectivity index is 1.50. The van der Waals surface area contributed by atoms with E-state index in [1.165, 1.54) is 12.1 Å². The van der Waals surface area contributed by atoms with Gasteiger partial charge in [-0.05, 0) is 76.2 Å². The lowest BCUT2D eigenvalue weighted by molar-refractivity contribution is 0.0519. The molecule has 4 aromatic rings. The number of hydrogen-bond donors (Lipinski definition) is 3. The van der Waals surface area contributed by atoms with Crippen LogP contribution >= 0.6 is 11.6 Å². The Morgan fingerprint density at radius 3 is 2.53 bits per heavy atom. The molecule has 1 amide bonds. The Labute approximate surface area is 224 Å². The van der Waals surface area contributed by atoms with Crippen LogP contribution in [0.2, 0.25) is 5.02 Å². The van der Waals surface area contributed by atoms with Crippen LogP contribution in [-0.2, 0) is 9.47 Å². The van der Waals surface area contributed by atoms with E-state index in [9.17, 15) is 14.0 Å². The van der Waals surface area contributed by atoms with Gasteiger partial charge in [-0.2, -0.15) is 0 Å². The zero-order valence-electron chi connectivity index (χ0n) is 21.3. The molecule has 4 rings (SSSR count). The van der Waals surface area contributed by atoms with Gasteiger partial charge in [0.1, 0.15) is 28.6 Å². The van der Waals surface area contributed by atoms with Crippen molar-refractivity contribution in [1.29, 1.82) is 0 Å². The van der Waals surface area contributed by atoms with Crippen LogP contribution in [0, 0.1) is 5.82 Å². The Morgan fingerprint density at radius 2 is 1.82 bits per heavy atom. The second-order valence-corrected chi connectivity index (χ2v) is 9.72. The standard InChI is InChI=1S/C28H27ClFN3O5/c1-5-36-26(34)23-15-19-22(11-10-21(30)25(19)33-23)31-17-9-12-24(20(29)14-17)37-18-8-6-7-16(13-18)32-27(35)38-28(2,3)4/h6-15,31,33H,5H2,1-4H3,(H,32,35). The van der Waals surface area contributed by atoms with E-state index in [0.29, 0.717) is 39.0 Å². The van der Waals surface area contributed by atoms with E-state index >= 15 is 0 Å². The molecule has 0 spiro atoms. The highest BCUT2D eigenvalue weighted by molar-refractivity contribution is 6.32. The maximum Gasteiger partial charge on any atom is 0.412 e. The van der Waals surface area contributed by atoms with Gasteiger partial charge in [0.25, 0.3) is 0 Å². The quantitative estimate of drug-likeness (QED) is 0.205. The second kappa shape index (κ2) is 11.0. The number of ether oxygens (including phenoxy) is 3. The normalized spacial score (nSPS) is 11.2. The van der Waals surface area contributed by atoms with Crippen molar-refractivity contribution >= 4 is 51.6 Å². The smallest absolute Gasteiger partial charge is 0.412 e. The fourth-order valence-electron chi connectivity index (χ4n) is 3.62. The first-order valence-electron chi connectivity index (χ1n) is 11.9. The number of esters is 1. The van der Waals surface area contributed by atoms with Crippen LogP contribution in [0.4, 0.5) is 26.2 Å². The van der Waals surface area contributed by atoms with Crippen LogP contribution in [0.3, 0.4) is 0 Å². The lowest BCUT2D eigenvalue weighted by Crippen LogP contribution is -2.27. The number of carbonyl (C=O) groups excluding carboxylic acids is 2. The molecule has 0 radical (unpaired) electrons. The summed E-state index contributed by atoms with van der Waals surface area (Å²) in [5, 5.41) is 6.67. The summed E-state index contributed by atoms with van der Waals surface area (Å²) in [6.45, 7) is 7.25. The first-order valence-corrected chi connectivity index (χ1v) is 12.2. The van der Waals surface area contributed by atoms with Gasteiger partial charge in [0.2, 0.25) is 0 Å². The van der Waals surface area contributed by atoms with E-state index in [1.54, 1.807) is 76.2 Å². The van der Waals surface area contributed by atoms with Gasteiger partial charge in [-0.25, -0.2) is 14.0 Å². The first-order chi connectivity index (χ1) is 18.0. The van der Waals surface area contributed by atoms with Crippen molar-refractivity contribution < 1.29 is 28.2 Å². The summed E-state index contributed by atoms with van der Waals surface area (Å²) in [4.78, 5) is 26.9. The molecule has 0 fully saturated rings. The minimum Gasteiger partial charge on any atom is -0.461 e. The summed E-state index contributed by atoms with van der Waals surface area (Å²) in [7, 11) is 0. The molecule has 0 atom stereocenters. The Morgan fingerprint density at radius 1 is 1.03 bits per heavy atom. The first kappa shape index (κ1) is 26.8. The van der Waals surface area contributed by atoms with Crippen molar-refractivity contribution in [2.24, 2.45) is 0 Å². The molecule has 198 valence electrons. The second-order valence-electron chi connectivity index (χ2n) is 9.31. The van der Waals surface area contributed by atoms with E-state index in [-0.39, 0.29) is 17.8 Å². The average molecular weight is 540 g/mol. The maximum atomic E-state index is 14.4. The van der Waals surface area contributed by atoms with Gasteiger partial charge in [-0.3, -0.25) is 5.32 Å². The Bertz CT molecular complexity index is 1500.